The van der Waals surface area contributed by atoms with E-state index in [1.807, 2.05) is 41.3 Å². The van der Waals surface area contributed by atoms with E-state index in [9.17, 15) is 9.59 Å². The smallest absolute Gasteiger partial charge is 0.343 e. The first-order valence-electron chi connectivity index (χ1n) is 10.5. The van der Waals surface area contributed by atoms with E-state index in [-0.39, 0.29) is 11.6 Å². The second-order valence-electron chi connectivity index (χ2n) is 8.06. The molecule has 1 amide bonds. The topological polar surface area (TPSA) is 83.9 Å². The van der Waals surface area contributed by atoms with Gasteiger partial charge in [0.05, 0.1) is 11.2 Å². The molecular weight excluding hydrogens is 390 g/mol. The van der Waals surface area contributed by atoms with Crippen molar-refractivity contribution in [3.05, 3.63) is 77.1 Å². The number of benzene rings is 2. The quantitative estimate of drug-likeness (QED) is 0.557. The Bertz CT molecular complexity index is 1310. The summed E-state index contributed by atoms with van der Waals surface area (Å²) in [5.74, 6) is 1.10. The maximum atomic E-state index is 12.5. The highest BCUT2D eigenvalue weighted by molar-refractivity contribution is 5.84. The summed E-state index contributed by atoms with van der Waals surface area (Å²) in [5, 5.41) is 7.94. The lowest BCUT2D eigenvalue weighted by molar-refractivity contribution is -0.127. The molecule has 31 heavy (non-hydrogen) atoms. The lowest BCUT2D eigenvalue weighted by atomic mass is 10.0. The molecular formula is C24H23N5O2. The standard InChI is InChI=1S/C24H23N5O2/c1-16(30)28-12-10-17(15-28)13-23-26-27-24(31)29(23)21-8-6-18(7-9-21)20-5-4-19-3-2-11-25-22(19)14-20/h2-9,11,14,17H,10,12-13,15H2,1H3,(H,27,31). The summed E-state index contributed by atoms with van der Waals surface area (Å²) >= 11 is 0. The van der Waals surface area contributed by atoms with Crippen molar-refractivity contribution >= 4 is 16.8 Å². The van der Waals surface area contributed by atoms with Gasteiger partial charge in [-0.25, -0.2) is 14.5 Å². The Morgan fingerprint density at radius 1 is 1.13 bits per heavy atom. The summed E-state index contributed by atoms with van der Waals surface area (Å²) < 4.78 is 1.63. The van der Waals surface area contributed by atoms with Gasteiger partial charge < -0.3 is 4.90 Å². The lowest BCUT2D eigenvalue weighted by Gasteiger charge is -2.14. The van der Waals surface area contributed by atoms with Crippen molar-refractivity contribution in [3.8, 4) is 16.8 Å². The molecule has 0 radical (unpaired) electrons. The molecule has 1 aliphatic rings. The van der Waals surface area contributed by atoms with Gasteiger partial charge in [0.1, 0.15) is 5.82 Å². The minimum absolute atomic E-state index is 0.0985. The van der Waals surface area contributed by atoms with Crippen LogP contribution in [0.4, 0.5) is 0 Å². The Morgan fingerprint density at radius 3 is 2.71 bits per heavy atom. The number of likely N-dealkylation sites (tertiary alicyclic amines) is 1. The Morgan fingerprint density at radius 2 is 1.94 bits per heavy atom. The van der Waals surface area contributed by atoms with Crippen LogP contribution in [0.5, 0.6) is 0 Å². The molecule has 1 N–H and O–H groups in total. The van der Waals surface area contributed by atoms with E-state index < -0.39 is 0 Å². The molecule has 7 nitrogen and oxygen atoms in total. The molecule has 4 aromatic rings. The monoisotopic (exact) mass is 413 g/mol. The molecule has 0 aliphatic carbocycles. The number of rotatable bonds is 4. The van der Waals surface area contributed by atoms with Crippen LogP contribution < -0.4 is 5.69 Å². The van der Waals surface area contributed by atoms with Crippen LogP contribution in [0.15, 0.2) is 65.6 Å². The average Bonchev–Trinajstić information content (AvgIpc) is 3.41. The molecule has 0 bridgehead atoms. The Hall–Kier alpha value is -3.74. The number of H-pyrrole nitrogens is 1. The third-order valence-electron chi connectivity index (χ3n) is 6.01. The van der Waals surface area contributed by atoms with Gasteiger partial charge in [-0.05, 0) is 47.7 Å². The average molecular weight is 413 g/mol. The number of hydrogen-bond acceptors (Lipinski definition) is 4. The molecule has 2 aromatic carbocycles. The number of nitrogens with one attached hydrogen (secondary N) is 1. The zero-order valence-corrected chi connectivity index (χ0v) is 17.3. The summed E-state index contributed by atoms with van der Waals surface area (Å²) in [6.45, 7) is 3.08. The molecule has 1 saturated heterocycles. The maximum absolute atomic E-state index is 12.5. The van der Waals surface area contributed by atoms with E-state index in [4.69, 9.17) is 0 Å². The minimum Gasteiger partial charge on any atom is -0.343 e. The highest BCUT2D eigenvalue weighted by Crippen LogP contribution is 2.25. The van der Waals surface area contributed by atoms with Crippen molar-refractivity contribution in [2.24, 2.45) is 5.92 Å². The van der Waals surface area contributed by atoms with E-state index in [0.717, 1.165) is 40.7 Å². The highest BCUT2D eigenvalue weighted by Gasteiger charge is 2.26. The normalized spacial score (nSPS) is 16.2. The molecule has 3 heterocycles. The number of carbonyl (C=O) groups excluding carboxylic acids is 1. The SMILES string of the molecule is CC(=O)N1CCC(Cc2n[nH]c(=O)n2-c2ccc(-c3ccc4cccnc4c3)cc2)C1. The van der Waals surface area contributed by atoms with E-state index >= 15 is 0 Å². The maximum Gasteiger partial charge on any atom is 0.347 e. The Kier molecular flexibility index (Phi) is 4.86. The number of amides is 1. The van der Waals surface area contributed by atoms with Gasteiger partial charge in [0.25, 0.3) is 0 Å². The summed E-state index contributed by atoms with van der Waals surface area (Å²) in [6.07, 6.45) is 3.37. The zero-order chi connectivity index (χ0) is 21.4. The molecule has 1 fully saturated rings. The van der Waals surface area contributed by atoms with Crippen molar-refractivity contribution < 1.29 is 4.79 Å². The number of fused-ring (bicyclic) bond motifs is 1. The van der Waals surface area contributed by atoms with Crippen LogP contribution in [0.1, 0.15) is 19.2 Å². The van der Waals surface area contributed by atoms with Crippen molar-refractivity contribution in [2.75, 3.05) is 13.1 Å². The first-order chi connectivity index (χ1) is 15.1. The molecule has 5 rings (SSSR count). The first kappa shape index (κ1) is 19.2. The molecule has 1 aliphatic heterocycles. The number of pyridine rings is 1. The predicted molar refractivity (Wildman–Crippen MR) is 119 cm³/mol. The fraction of sp³-hybridized carbons (Fsp3) is 0.250. The van der Waals surface area contributed by atoms with Crippen LogP contribution in [0.25, 0.3) is 27.7 Å². The molecule has 1 unspecified atom stereocenters. The Labute approximate surface area is 179 Å². The second kappa shape index (κ2) is 7.83. The minimum atomic E-state index is -0.251. The van der Waals surface area contributed by atoms with Gasteiger partial charge in [0, 0.05) is 38.0 Å². The largest absolute Gasteiger partial charge is 0.347 e. The van der Waals surface area contributed by atoms with Crippen molar-refractivity contribution in [1.82, 2.24) is 24.6 Å². The molecule has 1 atom stereocenters. The van der Waals surface area contributed by atoms with Gasteiger partial charge in [0.2, 0.25) is 5.91 Å². The summed E-state index contributed by atoms with van der Waals surface area (Å²) in [5.41, 5.74) is 3.61. The van der Waals surface area contributed by atoms with Crippen LogP contribution in [-0.2, 0) is 11.2 Å². The van der Waals surface area contributed by atoms with E-state index in [1.54, 1.807) is 17.7 Å². The number of aromatic amines is 1. The van der Waals surface area contributed by atoms with E-state index in [2.05, 4.69) is 33.4 Å². The number of hydrogen-bond donors (Lipinski definition) is 1. The van der Waals surface area contributed by atoms with Crippen molar-refractivity contribution in [3.63, 3.8) is 0 Å². The number of carbonyl (C=O) groups is 1. The lowest BCUT2D eigenvalue weighted by Crippen LogP contribution is -2.26. The van der Waals surface area contributed by atoms with Crippen LogP contribution in [0.3, 0.4) is 0 Å². The second-order valence-corrected chi connectivity index (χ2v) is 8.06. The molecule has 0 spiro atoms. The van der Waals surface area contributed by atoms with Gasteiger partial charge in [0.15, 0.2) is 0 Å². The van der Waals surface area contributed by atoms with Crippen LogP contribution >= 0.6 is 0 Å². The van der Waals surface area contributed by atoms with Crippen molar-refractivity contribution in [2.45, 2.75) is 19.8 Å². The zero-order valence-electron chi connectivity index (χ0n) is 17.3. The van der Waals surface area contributed by atoms with Gasteiger partial charge in [-0.2, -0.15) is 5.10 Å². The predicted octanol–water partition coefficient (Wildman–Crippen LogP) is 3.19. The highest BCUT2D eigenvalue weighted by atomic mass is 16.2. The van der Waals surface area contributed by atoms with Gasteiger partial charge in [-0.1, -0.05) is 30.3 Å². The summed E-state index contributed by atoms with van der Waals surface area (Å²) in [4.78, 5) is 30.3. The molecule has 156 valence electrons. The summed E-state index contributed by atoms with van der Waals surface area (Å²) in [6, 6.07) is 18.1. The van der Waals surface area contributed by atoms with Crippen LogP contribution in [-0.4, -0.2) is 43.6 Å². The third kappa shape index (κ3) is 3.74. The van der Waals surface area contributed by atoms with E-state index in [1.165, 1.54) is 0 Å². The van der Waals surface area contributed by atoms with Gasteiger partial charge >= 0.3 is 5.69 Å². The van der Waals surface area contributed by atoms with Crippen LogP contribution in [0, 0.1) is 5.92 Å². The summed E-state index contributed by atoms with van der Waals surface area (Å²) in [7, 11) is 0. The molecule has 0 saturated carbocycles. The first-order valence-corrected chi connectivity index (χ1v) is 10.5. The number of aromatic nitrogens is 4. The fourth-order valence-corrected chi connectivity index (χ4v) is 4.33. The third-order valence-corrected chi connectivity index (χ3v) is 6.01. The fourth-order valence-electron chi connectivity index (χ4n) is 4.33. The number of nitrogens with zero attached hydrogens (tertiary/aromatic N) is 4. The Balaban J connectivity index is 1.40. The molecule has 2 aromatic heterocycles. The van der Waals surface area contributed by atoms with Gasteiger partial charge in [-0.15, -0.1) is 0 Å². The van der Waals surface area contributed by atoms with Crippen molar-refractivity contribution in [1.29, 1.82) is 0 Å². The van der Waals surface area contributed by atoms with Crippen LogP contribution in [0.2, 0.25) is 0 Å². The van der Waals surface area contributed by atoms with Gasteiger partial charge in [-0.3, -0.25) is 9.78 Å². The molecule has 7 heteroatoms. The van der Waals surface area contributed by atoms with E-state index in [0.29, 0.717) is 24.7 Å².